The van der Waals surface area contributed by atoms with Crippen LogP contribution in [0.2, 0.25) is 0 Å². The summed E-state index contributed by atoms with van der Waals surface area (Å²) in [5.41, 5.74) is 8.77. The largest absolute Gasteiger partial charge is 0.340 e. The number of carbonyl (C=O) groups excluding carboxylic acids is 1. The van der Waals surface area contributed by atoms with Crippen LogP contribution in [-0.2, 0) is 11.3 Å². The molecule has 2 aliphatic rings. The van der Waals surface area contributed by atoms with Crippen molar-refractivity contribution in [1.29, 1.82) is 0 Å². The molecule has 0 spiro atoms. The lowest BCUT2D eigenvalue weighted by molar-refractivity contribution is -0.134. The molecule has 1 aliphatic heterocycles. The van der Waals surface area contributed by atoms with E-state index in [0.29, 0.717) is 18.2 Å². The minimum Gasteiger partial charge on any atom is -0.340 e. The lowest BCUT2D eigenvalue weighted by Gasteiger charge is -2.35. The molecule has 0 radical (unpaired) electrons. The number of rotatable bonds is 4. The highest BCUT2D eigenvalue weighted by molar-refractivity contribution is 5.76. The van der Waals surface area contributed by atoms with Crippen molar-refractivity contribution in [3.63, 3.8) is 0 Å². The van der Waals surface area contributed by atoms with Crippen LogP contribution in [0.25, 0.3) is 0 Å². The quantitative estimate of drug-likeness (QED) is 0.926. The zero-order valence-corrected chi connectivity index (χ0v) is 14.2. The molecule has 126 valence electrons. The first kappa shape index (κ1) is 16.5. The summed E-state index contributed by atoms with van der Waals surface area (Å²) in [6.07, 6.45) is 4.05. The summed E-state index contributed by atoms with van der Waals surface area (Å²) in [5, 5.41) is 0. The van der Waals surface area contributed by atoms with Gasteiger partial charge in [0.2, 0.25) is 5.91 Å². The Kier molecular flexibility index (Phi) is 5.34. The molecule has 1 amide bonds. The van der Waals surface area contributed by atoms with Crippen LogP contribution in [0.1, 0.15) is 36.8 Å². The Hall–Kier alpha value is -1.39. The van der Waals surface area contributed by atoms with Gasteiger partial charge in [-0.3, -0.25) is 9.69 Å². The lowest BCUT2D eigenvalue weighted by Crippen LogP contribution is -2.49. The average Bonchev–Trinajstić information content (AvgIpc) is 2.93. The first-order chi connectivity index (χ1) is 11.1. The molecular formula is C19H29N3O. The van der Waals surface area contributed by atoms with Gasteiger partial charge in [-0.15, -0.1) is 0 Å². The zero-order valence-electron chi connectivity index (χ0n) is 14.2. The number of aryl methyl sites for hydroxylation is 1. The highest BCUT2D eigenvalue weighted by Crippen LogP contribution is 2.27. The number of hydrogen-bond acceptors (Lipinski definition) is 3. The lowest BCUT2D eigenvalue weighted by atomic mass is 9.99. The summed E-state index contributed by atoms with van der Waals surface area (Å²) in [4.78, 5) is 16.9. The van der Waals surface area contributed by atoms with E-state index in [1.807, 2.05) is 4.90 Å². The Labute approximate surface area is 139 Å². The number of piperazine rings is 1. The molecule has 0 bridgehead atoms. The summed E-state index contributed by atoms with van der Waals surface area (Å²) in [7, 11) is 0. The van der Waals surface area contributed by atoms with Crippen molar-refractivity contribution in [3.8, 4) is 0 Å². The fourth-order valence-electron chi connectivity index (χ4n) is 3.90. The SMILES string of the molecule is Cc1cccc(CN2CCN(C(=O)C[C@@H]3CCC[C@H]3N)CC2)c1. The maximum atomic E-state index is 12.5. The van der Waals surface area contributed by atoms with Crippen LogP contribution in [-0.4, -0.2) is 47.9 Å². The van der Waals surface area contributed by atoms with Gasteiger partial charge in [0.05, 0.1) is 0 Å². The number of amides is 1. The number of nitrogens with two attached hydrogens (primary N) is 1. The Morgan fingerprint density at radius 2 is 2.00 bits per heavy atom. The zero-order chi connectivity index (χ0) is 16.2. The molecule has 4 heteroatoms. The maximum Gasteiger partial charge on any atom is 0.222 e. The van der Waals surface area contributed by atoms with E-state index < -0.39 is 0 Å². The average molecular weight is 315 g/mol. The number of hydrogen-bond donors (Lipinski definition) is 1. The Morgan fingerprint density at radius 3 is 2.65 bits per heavy atom. The van der Waals surface area contributed by atoms with Crippen molar-refractivity contribution in [2.24, 2.45) is 11.7 Å². The van der Waals surface area contributed by atoms with E-state index in [0.717, 1.165) is 45.6 Å². The van der Waals surface area contributed by atoms with Crippen LogP contribution in [0.5, 0.6) is 0 Å². The molecule has 2 fully saturated rings. The van der Waals surface area contributed by atoms with Gasteiger partial charge in [-0.05, 0) is 31.2 Å². The molecule has 4 nitrogen and oxygen atoms in total. The number of nitrogens with zero attached hydrogens (tertiary/aromatic N) is 2. The normalized spacial score (nSPS) is 25.7. The van der Waals surface area contributed by atoms with Crippen LogP contribution in [0.4, 0.5) is 0 Å². The van der Waals surface area contributed by atoms with Crippen molar-refractivity contribution < 1.29 is 4.79 Å². The molecule has 3 rings (SSSR count). The summed E-state index contributed by atoms with van der Waals surface area (Å²) >= 11 is 0. The summed E-state index contributed by atoms with van der Waals surface area (Å²) in [5.74, 6) is 0.718. The van der Waals surface area contributed by atoms with Gasteiger partial charge in [-0.1, -0.05) is 36.2 Å². The van der Waals surface area contributed by atoms with Crippen LogP contribution < -0.4 is 5.73 Å². The summed E-state index contributed by atoms with van der Waals surface area (Å²) in [6.45, 7) is 6.76. The van der Waals surface area contributed by atoms with Crippen LogP contribution in [0.3, 0.4) is 0 Å². The molecule has 2 N–H and O–H groups in total. The molecule has 1 aromatic carbocycles. The van der Waals surface area contributed by atoms with E-state index in [2.05, 4.69) is 36.1 Å². The van der Waals surface area contributed by atoms with Gasteiger partial charge < -0.3 is 10.6 Å². The van der Waals surface area contributed by atoms with Crippen molar-refractivity contribution in [2.75, 3.05) is 26.2 Å². The third-order valence-corrected chi connectivity index (χ3v) is 5.37. The second kappa shape index (κ2) is 7.45. The Balaban J connectivity index is 1.45. The third-order valence-electron chi connectivity index (χ3n) is 5.37. The molecule has 0 unspecified atom stereocenters. The van der Waals surface area contributed by atoms with Gasteiger partial charge >= 0.3 is 0 Å². The highest BCUT2D eigenvalue weighted by Gasteiger charge is 2.29. The van der Waals surface area contributed by atoms with Crippen molar-refractivity contribution in [3.05, 3.63) is 35.4 Å². The fraction of sp³-hybridized carbons (Fsp3) is 0.632. The molecule has 0 aromatic heterocycles. The van der Waals surface area contributed by atoms with E-state index in [1.165, 1.54) is 17.5 Å². The number of benzene rings is 1. The number of carbonyl (C=O) groups is 1. The predicted molar refractivity (Wildman–Crippen MR) is 93.0 cm³/mol. The molecule has 1 heterocycles. The summed E-state index contributed by atoms with van der Waals surface area (Å²) < 4.78 is 0. The minimum atomic E-state index is 0.238. The third kappa shape index (κ3) is 4.33. The van der Waals surface area contributed by atoms with Crippen molar-refractivity contribution in [1.82, 2.24) is 9.80 Å². The maximum absolute atomic E-state index is 12.5. The van der Waals surface area contributed by atoms with Gasteiger partial charge in [0.25, 0.3) is 0 Å². The predicted octanol–water partition coefficient (Wildman–Crippen LogP) is 2.16. The standard InChI is InChI=1S/C19H29N3O/c1-15-4-2-5-16(12-15)14-21-8-10-22(11-9-21)19(23)13-17-6-3-7-18(17)20/h2,4-5,12,17-18H,3,6-11,13-14,20H2,1H3/t17-,18+/m0/s1. The van der Waals surface area contributed by atoms with Gasteiger partial charge in [0.15, 0.2) is 0 Å². The minimum absolute atomic E-state index is 0.238. The molecular weight excluding hydrogens is 286 g/mol. The second-order valence-electron chi connectivity index (χ2n) is 7.20. The Bertz CT molecular complexity index is 537. The van der Waals surface area contributed by atoms with E-state index in [1.54, 1.807) is 0 Å². The van der Waals surface area contributed by atoms with Gasteiger partial charge in [-0.2, -0.15) is 0 Å². The molecule has 23 heavy (non-hydrogen) atoms. The molecule has 1 aliphatic carbocycles. The molecule has 1 aromatic rings. The van der Waals surface area contributed by atoms with Crippen molar-refractivity contribution in [2.45, 2.75) is 45.2 Å². The smallest absolute Gasteiger partial charge is 0.222 e. The van der Waals surface area contributed by atoms with Gasteiger partial charge in [0.1, 0.15) is 0 Å². The first-order valence-electron chi connectivity index (χ1n) is 8.93. The van der Waals surface area contributed by atoms with Crippen LogP contribution in [0, 0.1) is 12.8 Å². The molecule has 1 saturated carbocycles. The second-order valence-corrected chi connectivity index (χ2v) is 7.20. The first-order valence-corrected chi connectivity index (χ1v) is 8.93. The van der Waals surface area contributed by atoms with Crippen molar-refractivity contribution >= 4 is 5.91 Å². The van der Waals surface area contributed by atoms with E-state index in [9.17, 15) is 4.79 Å². The highest BCUT2D eigenvalue weighted by atomic mass is 16.2. The van der Waals surface area contributed by atoms with Gasteiger partial charge in [0, 0.05) is 45.2 Å². The monoisotopic (exact) mass is 315 g/mol. The Morgan fingerprint density at radius 1 is 1.22 bits per heavy atom. The molecule has 2 atom stereocenters. The van der Waals surface area contributed by atoms with E-state index in [4.69, 9.17) is 5.73 Å². The van der Waals surface area contributed by atoms with E-state index in [-0.39, 0.29) is 6.04 Å². The van der Waals surface area contributed by atoms with Crippen LogP contribution >= 0.6 is 0 Å². The fourth-order valence-corrected chi connectivity index (χ4v) is 3.90. The summed E-state index contributed by atoms with van der Waals surface area (Å²) in [6, 6.07) is 8.93. The molecule has 1 saturated heterocycles. The van der Waals surface area contributed by atoms with Gasteiger partial charge in [-0.25, -0.2) is 0 Å². The van der Waals surface area contributed by atoms with E-state index >= 15 is 0 Å². The topological polar surface area (TPSA) is 49.6 Å². The van der Waals surface area contributed by atoms with Crippen LogP contribution in [0.15, 0.2) is 24.3 Å².